The Balaban J connectivity index is 2.08. The molecule has 1 heterocycles. The Bertz CT molecular complexity index is 449. The number of carbonyl (C=O) groups is 3. The zero-order valence-electron chi connectivity index (χ0n) is 11.8. The van der Waals surface area contributed by atoms with Gasteiger partial charge in [0.2, 0.25) is 5.91 Å². The van der Waals surface area contributed by atoms with Crippen LogP contribution in [0.5, 0.6) is 0 Å². The summed E-state index contributed by atoms with van der Waals surface area (Å²) in [5.41, 5.74) is -0.798. The van der Waals surface area contributed by atoms with Gasteiger partial charge in [0.15, 0.2) is 0 Å². The van der Waals surface area contributed by atoms with Crippen molar-refractivity contribution in [3.8, 4) is 0 Å². The summed E-state index contributed by atoms with van der Waals surface area (Å²) in [6.07, 6.45) is 5.12. The molecular formula is C14H21N3O3. The van der Waals surface area contributed by atoms with Crippen LogP contribution in [0, 0.1) is 5.92 Å². The van der Waals surface area contributed by atoms with Crippen LogP contribution >= 0.6 is 0 Å². The Morgan fingerprint density at radius 2 is 2.30 bits per heavy atom. The fourth-order valence-electron chi connectivity index (χ4n) is 3.02. The van der Waals surface area contributed by atoms with Crippen LogP contribution < -0.4 is 10.6 Å². The van der Waals surface area contributed by atoms with E-state index in [1.807, 2.05) is 6.92 Å². The zero-order valence-corrected chi connectivity index (χ0v) is 11.8. The molecule has 20 heavy (non-hydrogen) atoms. The van der Waals surface area contributed by atoms with Gasteiger partial charge in [-0.05, 0) is 18.8 Å². The van der Waals surface area contributed by atoms with Crippen molar-refractivity contribution in [1.82, 2.24) is 15.5 Å². The lowest BCUT2D eigenvalue weighted by Gasteiger charge is -2.36. The van der Waals surface area contributed by atoms with Crippen LogP contribution in [0.15, 0.2) is 12.7 Å². The number of hydrogen-bond acceptors (Lipinski definition) is 3. The molecule has 0 bridgehead atoms. The number of urea groups is 1. The van der Waals surface area contributed by atoms with Crippen LogP contribution in [0.2, 0.25) is 0 Å². The zero-order chi connectivity index (χ0) is 14.8. The van der Waals surface area contributed by atoms with Crippen molar-refractivity contribution in [2.75, 3.05) is 13.1 Å². The minimum absolute atomic E-state index is 0.105. The smallest absolute Gasteiger partial charge is 0.325 e. The van der Waals surface area contributed by atoms with E-state index in [0.717, 1.165) is 24.2 Å². The number of amides is 4. The second kappa shape index (κ2) is 5.64. The highest BCUT2D eigenvalue weighted by Crippen LogP contribution is 2.37. The average molecular weight is 279 g/mol. The van der Waals surface area contributed by atoms with Crippen molar-refractivity contribution < 1.29 is 14.4 Å². The maximum atomic E-state index is 12.6. The first kappa shape index (κ1) is 14.6. The molecule has 2 N–H and O–H groups in total. The summed E-state index contributed by atoms with van der Waals surface area (Å²) in [4.78, 5) is 37.3. The van der Waals surface area contributed by atoms with Gasteiger partial charge in [0, 0.05) is 6.54 Å². The third-order valence-electron chi connectivity index (χ3n) is 4.25. The Morgan fingerprint density at radius 1 is 1.55 bits per heavy atom. The molecular weight excluding hydrogens is 258 g/mol. The molecule has 4 amide bonds. The SMILES string of the molecule is C=CCNC(=O)CN1C(=O)N[C@@]2(CCCC[C@@H]2C)C1=O. The van der Waals surface area contributed by atoms with Crippen molar-refractivity contribution in [3.05, 3.63) is 12.7 Å². The molecule has 6 nitrogen and oxygen atoms in total. The first-order chi connectivity index (χ1) is 9.51. The van der Waals surface area contributed by atoms with Gasteiger partial charge in [-0.2, -0.15) is 0 Å². The molecule has 0 unspecified atom stereocenters. The number of hydrogen-bond donors (Lipinski definition) is 2. The summed E-state index contributed by atoms with van der Waals surface area (Å²) in [5, 5.41) is 5.39. The molecule has 0 aromatic rings. The van der Waals surface area contributed by atoms with E-state index in [2.05, 4.69) is 17.2 Å². The molecule has 1 aliphatic carbocycles. The first-order valence-electron chi connectivity index (χ1n) is 7.03. The standard InChI is InChI=1S/C14H21N3O3/c1-3-8-15-11(18)9-17-12(19)14(16-13(17)20)7-5-4-6-10(14)2/h3,10H,1,4-9H2,2H3,(H,15,18)(H,16,20)/t10-,14+/m0/s1. The van der Waals surface area contributed by atoms with Crippen LogP contribution in [0.3, 0.4) is 0 Å². The van der Waals surface area contributed by atoms with Gasteiger partial charge in [-0.3, -0.25) is 14.5 Å². The fraction of sp³-hybridized carbons (Fsp3) is 0.643. The van der Waals surface area contributed by atoms with Crippen molar-refractivity contribution in [3.63, 3.8) is 0 Å². The molecule has 1 saturated carbocycles. The molecule has 110 valence electrons. The Kier molecular flexibility index (Phi) is 4.11. The minimum Gasteiger partial charge on any atom is -0.351 e. The van der Waals surface area contributed by atoms with Crippen LogP contribution in [0.1, 0.15) is 32.6 Å². The van der Waals surface area contributed by atoms with Crippen LogP contribution in [0.4, 0.5) is 4.79 Å². The van der Waals surface area contributed by atoms with E-state index in [4.69, 9.17) is 0 Å². The van der Waals surface area contributed by atoms with Crippen molar-refractivity contribution >= 4 is 17.8 Å². The number of rotatable bonds is 4. The molecule has 2 fully saturated rings. The van der Waals surface area contributed by atoms with E-state index < -0.39 is 11.6 Å². The second-order valence-electron chi connectivity index (χ2n) is 5.53. The number of nitrogens with zero attached hydrogens (tertiary/aromatic N) is 1. The van der Waals surface area contributed by atoms with E-state index >= 15 is 0 Å². The Hall–Kier alpha value is -1.85. The third kappa shape index (κ3) is 2.42. The second-order valence-corrected chi connectivity index (χ2v) is 5.53. The lowest BCUT2D eigenvalue weighted by Crippen LogP contribution is -2.54. The summed E-state index contributed by atoms with van der Waals surface area (Å²) < 4.78 is 0. The molecule has 6 heteroatoms. The molecule has 0 radical (unpaired) electrons. The van der Waals surface area contributed by atoms with Gasteiger partial charge in [0.25, 0.3) is 5.91 Å². The van der Waals surface area contributed by atoms with Crippen LogP contribution in [0.25, 0.3) is 0 Å². The van der Waals surface area contributed by atoms with Gasteiger partial charge >= 0.3 is 6.03 Å². The fourth-order valence-corrected chi connectivity index (χ4v) is 3.02. The quantitative estimate of drug-likeness (QED) is 0.590. The summed E-state index contributed by atoms with van der Waals surface area (Å²) in [6.45, 7) is 5.58. The topological polar surface area (TPSA) is 78.5 Å². The summed E-state index contributed by atoms with van der Waals surface area (Å²) in [7, 11) is 0. The summed E-state index contributed by atoms with van der Waals surface area (Å²) in [5.74, 6) is -0.508. The molecule has 0 aromatic heterocycles. The minimum atomic E-state index is -0.798. The molecule has 1 aliphatic heterocycles. The maximum absolute atomic E-state index is 12.6. The van der Waals surface area contributed by atoms with Crippen LogP contribution in [-0.2, 0) is 9.59 Å². The number of imide groups is 1. The van der Waals surface area contributed by atoms with Gasteiger partial charge in [-0.15, -0.1) is 6.58 Å². The van der Waals surface area contributed by atoms with Crippen molar-refractivity contribution in [2.45, 2.75) is 38.1 Å². The molecule has 1 spiro atoms. The van der Waals surface area contributed by atoms with Gasteiger partial charge < -0.3 is 10.6 Å². The summed E-state index contributed by atoms with van der Waals surface area (Å²) in [6, 6.07) is -0.461. The Morgan fingerprint density at radius 3 is 2.95 bits per heavy atom. The highest BCUT2D eigenvalue weighted by Gasteiger charge is 2.55. The van der Waals surface area contributed by atoms with E-state index in [9.17, 15) is 14.4 Å². The van der Waals surface area contributed by atoms with Crippen LogP contribution in [-0.4, -0.2) is 41.4 Å². The van der Waals surface area contributed by atoms with E-state index in [-0.39, 0.29) is 24.3 Å². The number of carbonyl (C=O) groups excluding carboxylic acids is 3. The molecule has 2 atom stereocenters. The lowest BCUT2D eigenvalue weighted by molar-refractivity contribution is -0.137. The van der Waals surface area contributed by atoms with E-state index in [0.29, 0.717) is 13.0 Å². The van der Waals surface area contributed by atoms with Gasteiger partial charge in [0.05, 0.1) is 0 Å². The number of nitrogens with one attached hydrogen (secondary N) is 2. The predicted octanol–water partition coefficient (Wildman–Crippen LogP) is 0.789. The van der Waals surface area contributed by atoms with E-state index in [1.165, 1.54) is 0 Å². The average Bonchev–Trinajstić information content (AvgIpc) is 2.65. The van der Waals surface area contributed by atoms with Gasteiger partial charge in [-0.1, -0.05) is 25.8 Å². The summed E-state index contributed by atoms with van der Waals surface area (Å²) >= 11 is 0. The van der Waals surface area contributed by atoms with E-state index in [1.54, 1.807) is 6.08 Å². The first-order valence-corrected chi connectivity index (χ1v) is 7.03. The normalized spacial score (nSPS) is 29.4. The highest BCUT2D eigenvalue weighted by molar-refractivity contribution is 6.09. The largest absolute Gasteiger partial charge is 0.351 e. The van der Waals surface area contributed by atoms with Crippen molar-refractivity contribution in [1.29, 1.82) is 0 Å². The molecule has 2 rings (SSSR count). The third-order valence-corrected chi connectivity index (χ3v) is 4.25. The molecule has 1 saturated heterocycles. The van der Waals surface area contributed by atoms with Gasteiger partial charge in [0.1, 0.15) is 12.1 Å². The monoisotopic (exact) mass is 279 g/mol. The molecule has 0 aromatic carbocycles. The van der Waals surface area contributed by atoms with Gasteiger partial charge in [-0.25, -0.2) is 4.79 Å². The predicted molar refractivity (Wildman–Crippen MR) is 73.8 cm³/mol. The highest BCUT2D eigenvalue weighted by atomic mass is 16.2. The van der Waals surface area contributed by atoms with Crippen molar-refractivity contribution in [2.24, 2.45) is 5.92 Å². The maximum Gasteiger partial charge on any atom is 0.325 e. The lowest BCUT2D eigenvalue weighted by atomic mass is 9.73. The Labute approximate surface area is 118 Å². The molecule has 2 aliphatic rings.